The van der Waals surface area contributed by atoms with Crippen LogP contribution in [0, 0.1) is 6.92 Å². The van der Waals surface area contributed by atoms with Crippen LogP contribution >= 0.6 is 0 Å². The standard InChI is InChI=1S/C25H27N3O6S/c1-17-5-11-20(12-6-17)35(33,34)28-15-13-26-24(30)22(28)16-23(29)27-14-3-2-4-21(27)18-7-9-19(10-8-18)25(31)32/h5-13,15,21-22H,2-4,14,16H2,1H3,(H,26,30)(H,31,32)/t21-,22-/m1/s1. The SMILES string of the molecule is Cc1ccc(S(=O)(=O)N2C=CNC(=O)[C@H]2CC(=O)N2CCCC[C@@H]2c2ccc(C(=O)O)cc2)cc1. The van der Waals surface area contributed by atoms with Crippen molar-refractivity contribution in [2.24, 2.45) is 0 Å². The zero-order valence-electron chi connectivity index (χ0n) is 19.3. The molecule has 2 N–H and O–H groups in total. The Morgan fingerprint density at radius 3 is 2.40 bits per heavy atom. The van der Waals surface area contributed by atoms with Crippen molar-refractivity contribution in [1.82, 2.24) is 14.5 Å². The summed E-state index contributed by atoms with van der Waals surface area (Å²) in [6.07, 6.45) is 4.59. The molecule has 2 heterocycles. The first-order valence-electron chi connectivity index (χ1n) is 11.4. The van der Waals surface area contributed by atoms with Crippen LogP contribution in [0.2, 0.25) is 0 Å². The van der Waals surface area contributed by atoms with Crippen molar-refractivity contribution in [1.29, 1.82) is 0 Å². The fourth-order valence-electron chi connectivity index (χ4n) is 4.48. The van der Waals surface area contributed by atoms with E-state index in [0.717, 1.165) is 28.3 Å². The number of aromatic carboxylic acids is 1. The third-order valence-corrected chi connectivity index (χ3v) is 8.19. The van der Waals surface area contributed by atoms with E-state index in [-0.39, 0.29) is 28.8 Å². The van der Waals surface area contributed by atoms with Crippen molar-refractivity contribution in [3.63, 3.8) is 0 Å². The number of carbonyl (C=O) groups is 3. The lowest BCUT2D eigenvalue weighted by molar-refractivity contribution is -0.138. The van der Waals surface area contributed by atoms with Gasteiger partial charge in [-0.2, -0.15) is 0 Å². The predicted molar refractivity (Wildman–Crippen MR) is 128 cm³/mol. The largest absolute Gasteiger partial charge is 0.478 e. The second-order valence-corrected chi connectivity index (χ2v) is 10.6. The number of sulfonamides is 1. The van der Waals surface area contributed by atoms with Crippen LogP contribution in [0.3, 0.4) is 0 Å². The van der Waals surface area contributed by atoms with E-state index >= 15 is 0 Å². The van der Waals surface area contributed by atoms with E-state index in [1.807, 2.05) is 6.92 Å². The molecule has 2 aromatic carbocycles. The molecule has 184 valence electrons. The Morgan fingerprint density at radius 2 is 1.74 bits per heavy atom. The molecule has 2 aliphatic rings. The summed E-state index contributed by atoms with van der Waals surface area (Å²) >= 11 is 0. The second-order valence-electron chi connectivity index (χ2n) is 8.72. The zero-order valence-corrected chi connectivity index (χ0v) is 20.1. The molecule has 0 spiro atoms. The van der Waals surface area contributed by atoms with Crippen molar-refractivity contribution in [3.05, 3.63) is 77.6 Å². The van der Waals surface area contributed by atoms with E-state index in [1.165, 1.54) is 36.7 Å². The molecule has 0 saturated carbocycles. The zero-order chi connectivity index (χ0) is 25.2. The molecule has 4 rings (SSSR count). The average Bonchev–Trinajstić information content (AvgIpc) is 2.85. The molecule has 0 bridgehead atoms. The molecule has 2 atom stereocenters. The summed E-state index contributed by atoms with van der Waals surface area (Å²) in [7, 11) is -4.06. The smallest absolute Gasteiger partial charge is 0.335 e. The Morgan fingerprint density at radius 1 is 1.06 bits per heavy atom. The molecule has 0 unspecified atom stereocenters. The van der Waals surface area contributed by atoms with Gasteiger partial charge in [0.2, 0.25) is 11.8 Å². The highest BCUT2D eigenvalue weighted by Gasteiger charge is 2.39. The number of piperidine rings is 1. The van der Waals surface area contributed by atoms with Gasteiger partial charge in [0.05, 0.1) is 22.9 Å². The van der Waals surface area contributed by atoms with Gasteiger partial charge >= 0.3 is 5.97 Å². The molecular formula is C25H27N3O6S. The fourth-order valence-corrected chi connectivity index (χ4v) is 5.93. The van der Waals surface area contributed by atoms with Gasteiger partial charge in [0.15, 0.2) is 0 Å². The maximum atomic E-state index is 13.4. The molecule has 1 fully saturated rings. The molecule has 0 aliphatic carbocycles. The van der Waals surface area contributed by atoms with E-state index in [9.17, 15) is 22.8 Å². The maximum Gasteiger partial charge on any atom is 0.335 e. The fraction of sp³-hybridized carbons (Fsp3) is 0.320. The number of amides is 2. The van der Waals surface area contributed by atoms with Gasteiger partial charge in [-0.3, -0.25) is 13.9 Å². The lowest BCUT2D eigenvalue weighted by Crippen LogP contribution is -2.52. The van der Waals surface area contributed by atoms with Crippen molar-refractivity contribution >= 4 is 27.8 Å². The first-order chi connectivity index (χ1) is 16.7. The van der Waals surface area contributed by atoms with E-state index in [2.05, 4.69) is 5.32 Å². The van der Waals surface area contributed by atoms with Crippen LogP contribution in [0.1, 0.15) is 53.2 Å². The number of rotatable bonds is 6. The lowest BCUT2D eigenvalue weighted by atomic mass is 9.93. The molecule has 0 aromatic heterocycles. The first kappa shape index (κ1) is 24.5. The maximum absolute atomic E-state index is 13.4. The Labute approximate surface area is 204 Å². The Balaban J connectivity index is 1.58. The summed E-state index contributed by atoms with van der Waals surface area (Å²) in [6.45, 7) is 2.31. The molecule has 35 heavy (non-hydrogen) atoms. The highest BCUT2D eigenvalue weighted by atomic mass is 32.2. The minimum atomic E-state index is -4.06. The summed E-state index contributed by atoms with van der Waals surface area (Å²) in [5.41, 5.74) is 1.86. The molecule has 9 nitrogen and oxygen atoms in total. The van der Waals surface area contributed by atoms with Crippen LogP contribution in [-0.4, -0.2) is 53.1 Å². The number of hydrogen-bond acceptors (Lipinski definition) is 5. The van der Waals surface area contributed by atoms with Crippen molar-refractivity contribution in [3.8, 4) is 0 Å². The number of carboxylic acid groups (broad SMARTS) is 1. The number of likely N-dealkylation sites (tertiary alicyclic amines) is 1. The summed E-state index contributed by atoms with van der Waals surface area (Å²) in [5.74, 6) is -1.94. The number of carbonyl (C=O) groups excluding carboxylic acids is 2. The topological polar surface area (TPSA) is 124 Å². The number of hydrogen-bond donors (Lipinski definition) is 2. The van der Waals surface area contributed by atoms with Gasteiger partial charge < -0.3 is 15.3 Å². The quantitative estimate of drug-likeness (QED) is 0.633. The van der Waals surface area contributed by atoms with Gasteiger partial charge in [-0.05, 0) is 56.0 Å². The van der Waals surface area contributed by atoms with Crippen molar-refractivity contribution < 1.29 is 27.9 Å². The normalized spacial score (nSPS) is 20.4. The Hall–Kier alpha value is -3.66. The summed E-state index contributed by atoms with van der Waals surface area (Å²) in [5, 5.41) is 11.7. The number of aryl methyl sites for hydroxylation is 1. The minimum absolute atomic E-state index is 0.0364. The molecule has 2 amide bonds. The van der Waals surface area contributed by atoms with Crippen LogP contribution in [0.15, 0.2) is 65.8 Å². The van der Waals surface area contributed by atoms with Crippen LogP contribution in [0.4, 0.5) is 0 Å². The predicted octanol–water partition coefficient (Wildman–Crippen LogP) is 2.80. The van der Waals surface area contributed by atoms with Crippen LogP contribution in [0.25, 0.3) is 0 Å². The van der Waals surface area contributed by atoms with Crippen molar-refractivity contribution in [2.75, 3.05) is 6.54 Å². The van der Waals surface area contributed by atoms with Crippen LogP contribution < -0.4 is 5.32 Å². The molecule has 2 aromatic rings. The number of nitrogens with one attached hydrogen (secondary N) is 1. The molecule has 1 saturated heterocycles. The molecular weight excluding hydrogens is 470 g/mol. The summed E-state index contributed by atoms with van der Waals surface area (Å²) in [4.78, 5) is 39.0. The molecule has 0 radical (unpaired) electrons. The van der Waals surface area contributed by atoms with Gasteiger partial charge in [0.1, 0.15) is 6.04 Å². The Kier molecular flexibility index (Phi) is 6.93. The summed E-state index contributed by atoms with van der Waals surface area (Å²) < 4.78 is 27.6. The van der Waals surface area contributed by atoms with Gasteiger partial charge in [-0.1, -0.05) is 29.8 Å². The third-order valence-electron chi connectivity index (χ3n) is 6.39. The van der Waals surface area contributed by atoms with Gasteiger partial charge in [0.25, 0.3) is 10.0 Å². The van der Waals surface area contributed by atoms with E-state index in [1.54, 1.807) is 29.2 Å². The van der Waals surface area contributed by atoms with E-state index < -0.39 is 27.9 Å². The van der Waals surface area contributed by atoms with Gasteiger partial charge in [-0.25, -0.2) is 13.2 Å². The van der Waals surface area contributed by atoms with Gasteiger partial charge in [-0.15, -0.1) is 0 Å². The van der Waals surface area contributed by atoms with Gasteiger partial charge in [0, 0.05) is 18.9 Å². The van der Waals surface area contributed by atoms with E-state index in [4.69, 9.17) is 5.11 Å². The Bertz CT molecular complexity index is 1260. The number of nitrogens with zero attached hydrogens (tertiary/aromatic N) is 2. The minimum Gasteiger partial charge on any atom is -0.478 e. The summed E-state index contributed by atoms with van der Waals surface area (Å²) in [6, 6.07) is 11.2. The van der Waals surface area contributed by atoms with Crippen molar-refractivity contribution in [2.45, 2.75) is 49.6 Å². The first-order valence-corrected chi connectivity index (χ1v) is 12.8. The third kappa shape index (κ3) is 5.07. The molecule has 10 heteroatoms. The highest BCUT2D eigenvalue weighted by Crippen LogP contribution is 2.33. The average molecular weight is 498 g/mol. The molecule has 2 aliphatic heterocycles. The van der Waals surface area contributed by atoms with Crippen LogP contribution in [0.5, 0.6) is 0 Å². The second kappa shape index (κ2) is 9.91. The van der Waals surface area contributed by atoms with Crippen LogP contribution in [-0.2, 0) is 19.6 Å². The lowest BCUT2D eigenvalue weighted by Gasteiger charge is -2.38. The number of carboxylic acids is 1. The highest BCUT2D eigenvalue weighted by molar-refractivity contribution is 7.89. The van der Waals surface area contributed by atoms with E-state index in [0.29, 0.717) is 13.0 Å². The number of benzene rings is 2. The monoisotopic (exact) mass is 497 g/mol.